The van der Waals surface area contributed by atoms with E-state index in [9.17, 15) is 0 Å². The van der Waals surface area contributed by atoms with E-state index in [2.05, 4.69) is 11.8 Å². The van der Waals surface area contributed by atoms with Crippen LogP contribution in [0.15, 0.2) is 24.3 Å². The Hall–Kier alpha value is -1.13. The fourth-order valence-corrected chi connectivity index (χ4v) is 2.42. The summed E-state index contributed by atoms with van der Waals surface area (Å²) in [4.78, 5) is 2.97. The highest BCUT2D eigenvalue weighted by Gasteiger charge is 2.28. The van der Waals surface area contributed by atoms with Crippen molar-refractivity contribution in [2.75, 3.05) is 19.7 Å². The zero-order valence-electron chi connectivity index (χ0n) is 12.2. The molecule has 20 heavy (non-hydrogen) atoms. The van der Waals surface area contributed by atoms with E-state index in [0.29, 0.717) is 4.99 Å². The number of rotatable bonds is 9. The molecule has 0 saturated heterocycles. The first-order chi connectivity index (χ1) is 9.70. The molecule has 0 atom stereocenters. The standard InChI is InChI=1S/C16H24N2OS/c1-2-3-9-18(14-7-8-14)10-11-19-15-6-4-5-13(12-15)16(17)20/h4-6,12,14H,2-3,7-11H2,1H3,(H2,17,20). The monoisotopic (exact) mass is 292 g/mol. The van der Waals surface area contributed by atoms with Gasteiger partial charge in [0.1, 0.15) is 17.3 Å². The second-order valence-corrected chi connectivity index (χ2v) is 5.80. The van der Waals surface area contributed by atoms with Crippen LogP contribution < -0.4 is 10.5 Å². The van der Waals surface area contributed by atoms with Gasteiger partial charge in [0.05, 0.1) is 0 Å². The molecule has 0 spiro atoms. The summed E-state index contributed by atoms with van der Waals surface area (Å²) in [5, 5.41) is 0. The molecule has 1 aromatic rings. The van der Waals surface area contributed by atoms with Gasteiger partial charge in [-0.1, -0.05) is 37.7 Å². The van der Waals surface area contributed by atoms with Crippen LogP contribution in [0.1, 0.15) is 38.2 Å². The Balaban J connectivity index is 1.79. The Kier molecular flexibility index (Phi) is 5.80. The average Bonchev–Trinajstić information content (AvgIpc) is 3.27. The second kappa shape index (κ2) is 7.60. The molecule has 0 heterocycles. The van der Waals surface area contributed by atoms with Gasteiger partial charge in [0.25, 0.3) is 0 Å². The highest BCUT2D eigenvalue weighted by molar-refractivity contribution is 7.80. The molecule has 0 unspecified atom stereocenters. The first-order valence-electron chi connectivity index (χ1n) is 7.47. The SMILES string of the molecule is CCCCN(CCOc1cccc(C(N)=S)c1)C1CC1. The van der Waals surface area contributed by atoms with E-state index >= 15 is 0 Å². The third-order valence-electron chi connectivity index (χ3n) is 3.63. The summed E-state index contributed by atoms with van der Waals surface area (Å²) >= 11 is 4.98. The lowest BCUT2D eigenvalue weighted by Gasteiger charge is -2.21. The van der Waals surface area contributed by atoms with Gasteiger partial charge in [0.2, 0.25) is 0 Å². The molecule has 1 aliphatic carbocycles. The van der Waals surface area contributed by atoms with Crippen molar-refractivity contribution in [1.29, 1.82) is 0 Å². The highest BCUT2D eigenvalue weighted by atomic mass is 32.1. The van der Waals surface area contributed by atoms with Crippen LogP contribution in [0.3, 0.4) is 0 Å². The molecule has 2 N–H and O–H groups in total. The normalized spacial score (nSPS) is 14.5. The van der Waals surface area contributed by atoms with Crippen LogP contribution >= 0.6 is 12.2 Å². The van der Waals surface area contributed by atoms with Crippen molar-refractivity contribution in [3.63, 3.8) is 0 Å². The predicted octanol–water partition coefficient (Wildman–Crippen LogP) is 2.96. The minimum absolute atomic E-state index is 0.415. The van der Waals surface area contributed by atoms with E-state index in [1.807, 2.05) is 24.3 Å². The molecule has 1 saturated carbocycles. The number of ether oxygens (including phenoxy) is 1. The molecule has 0 radical (unpaired) electrons. The van der Waals surface area contributed by atoms with Crippen molar-refractivity contribution in [3.8, 4) is 5.75 Å². The third kappa shape index (κ3) is 4.76. The first kappa shape index (κ1) is 15.3. The van der Waals surface area contributed by atoms with Gasteiger partial charge in [-0.05, 0) is 37.9 Å². The summed E-state index contributed by atoms with van der Waals surface area (Å²) in [7, 11) is 0. The van der Waals surface area contributed by atoms with Gasteiger partial charge in [0, 0.05) is 18.2 Å². The van der Waals surface area contributed by atoms with Crippen molar-refractivity contribution in [2.24, 2.45) is 5.73 Å². The number of unbranched alkanes of at least 4 members (excludes halogenated alkanes) is 1. The molecule has 1 aromatic carbocycles. The minimum atomic E-state index is 0.415. The van der Waals surface area contributed by atoms with Gasteiger partial charge in [-0.2, -0.15) is 0 Å². The summed E-state index contributed by atoms with van der Waals surface area (Å²) in [6, 6.07) is 8.51. The lowest BCUT2D eigenvalue weighted by molar-refractivity contribution is 0.199. The maximum atomic E-state index is 5.83. The van der Waals surface area contributed by atoms with Crippen LogP contribution in [-0.4, -0.2) is 35.6 Å². The molecule has 0 bridgehead atoms. The summed E-state index contributed by atoms with van der Waals surface area (Å²) in [5.74, 6) is 0.849. The number of nitrogens with zero attached hydrogens (tertiary/aromatic N) is 1. The van der Waals surface area contributed by atoms with Gasteiger partial charge >= 0.3 is 0 Å². The van der Waals surface area contributed by atoms with Gasteiger partial charge in [-0.15, -0.1) is 0 Å². The van der Waals surface area contributed by atoms with Gasteiger partial charge < -0.3 is 10.5 Å². The molecule has 3 nitrogen and oxygen atoms in total. The number of nitrogens with two attached hydrogens (primary N) is 1. The van der Waals surface area contributed by atoms with Crippen molar-refractivity contribution in [2.45, 2.75) is 38.6 Å². The number of hydrogen-bond donors (Lipinski definition) is 1. The maximum absolute atomic E-state index is 5.83. The molecule has 110 valence electrons. The zero-order valence-corrected chi connectivity index (χ0v) is 13.0. The van der Waals surface area contributed by atoms with Gasteiger partial charge in [-0.3, -0.25) is 4.90 Å². The molecule has 0 aromatic heterocycles. The number of thiocarbonyl (C=S) groups is 1. The Morgan fingerprint density at radius 2 is 2.20 bits per heavy atom. The lowest BCUT2D eigenvalue weighted by atomic mass is 10.2. The Labute approximate surface area is 127 Å². The van der Waals surface area contributed by atoms with E-state index in [-0.39, 0.29) is 0 Å². The summed E-state index contributed by atoms with van der Waals surface area (Å²) in [6.45, 7) is 5.16. The van der Waals surface area contributed by atoms with Crippen molar-refractivity contribution in [3.05, 3.63) is 29.8 Å². The van der Waals surface area contributed by atoms with E-state index < -0.39 is 0 Å². The molecule has 4 heteroatoms. The number of hydrogen-bond acceptors (Lipinski definition) is 3. The highest BCUT2D eigenvalue weighted by Crippen LogP contribution is 2.26. The van der Waals surface area contributed by atoms with Crippen LogP contribution in [0, 0.1) is 0 Å². The Bertz CT molecular complexity index is 446. The van der Waals surface area contributed by atoms with E-state index in [1.54, 1.807) is 0 Å². The third-order valence-corrected chi connectivity index (χ3v) is 3.86. The largest absolute Gasteiger partial charge is 0.492 e. The Morgan fingerprint density at radius 1 is 1.40 bits per heavy atom. The fraction of sp³-hybridized carbons (Fsp3) is 0.562. The smallest absolute Gasteiger partial charge is 0.120 e. The average molecular weight is 292 g/mol. The summed E-state index contributed by atoms with van der Waals surface area (Å²) in [5.41, 5.74) is 6.49. The minimum Gasteiger partial charge on any atom is -0.492 e. The number of benzene rings is 1. The van der Waals surface area contributed by atoms with Gasteiger partial charge in [-0.25, -0.2) is 0 Å². The van der Waals surface area contributed by atoms with Crippen LogP contribution in [0.4, 0.5) is 0 Å². The Morgan fingerprint density at radius 3 is 2.85 bits per heavy atom. The van der Waals surface area contributed by atoms with Crippen LogP contribution in [0.2, 0.25) is 0 Å². The molecule has 0 aliphatic heterocycles. The molecule has 2 rings (SSSR count). The van der Waals surface area contributed by atoms with Crippen molar-refractivity contribution < 1.29 is 4.74 Å². The molecular weight excluding hydrogens is 268 g/mol. The van der Waals surface area contributed by atoms with E-state index in [4.69, 9.17) is 22.7 Å². The summed E-state index contributed by atoms with van der Waals surface area (Å²) in [6.07, 6.45) is 5.22. The summed E-state index contributed by atoms with van der Waals surface area (Å²) < 4.78 is 5.83. The van der Waals surface area contributed by atoms with Crippen molar-refractivity contribution >= 4 is 17.2 Å². The van der Waals surface area contributed by atoms with E-state index in [0.717, 1.165) is 30.5 Å². The molecular formula is C16H24N2OS. The van der Waals surface area contributed by atoms with Gasteiger partial charge in [0.15, 0.2) is 0 Å². The predicted molar refractivity (Wildman–Crippen MR) is 87.3 cm³/mol. The molecule has 1 aliphatic rings. The van der Waals surface area contributed by atoms with Crippen LogP contribution in [-0.2, 0) is 0 Å². The first-order valence-corrected chi connectivity index (χ1v) is 7.88. The quantitative estimate of drug-likeness (QED) is 0.710. The fourth-order valence-electron chi connectivity index (χ4n) is 2.30. The van der Waals surface area contributed by atoms with Crippen molar-refractivity contribution in [1.82, 2.24) is 4.90 Å². The second-order valence-electron chi connectivity index (χ2n) is 5.36. The maximum Gasteiger partial charge on any atom is 0.120 e. The topological polar surface area (TPSA) is 38.5 Å². The lowest BCUT2D eigenvalue weighted by Crippen LogP contribution is -2.31. The molecule has 1 fully saturated rings. The zero-order chi connectivity index (χ0) is 14.4. The molecule has 0 amide bonds. The van der Waals surface area contributed by atoms with Crippen LogP contribution in [0.5, 0.6) is 5.75 Å². The van der Waals surface area contributed by atoms with E-state index in [1.165, 1.54) is 32.2 Å². The van der Waals surface area contributed by atoms with Crippen LogP contribution in [0.25, 0.3) is 0 Å².